The molecule has 3 rings (SSSR count). The topological polar surface area (TPSA) is 90.9 Å². The number of nitrogens with one attached hydrogen (secondary N) is 1. The molecule has 1 N–H and O–H groups in total. The highest BCUT2D eigenvalue weighted by atomic mass is 16.5. The highest BCUT2D eigenvalue weighted by molar-refractivity contribution is 5.93. The maximum absolute atomic E-state index is 12.2. The number of anilines is 1. The van der Waals surface area contributed by atoms with E-state index >= 15 is 0 Å². The molecule has 0 aliphatic carbocycles. The number of amides is 2. The van der Waals surface area contributed by atoms with Crippen molar-refractivity contribution in [1.29, 1.82) is 0 Å². The lowest BCUT2D eigenvalue weighted by Crippen LogP contribution is -2.46. The third kappa shape index (κ3) is 4.86. The summed E-state index contributed by atoms with van der Waals surface area (Å²) in [4.78, 5) is 37.5. The first-order chi connectivity index (χ1) is 12.3. The van der Waals surface area contributed by atoms with E-state index in [1.165, 1.54) is 0 Å². The molecule has 0 unspecified atom stereocenters. The van der Waals surface area contributed by atoms with Gasteiger partial charge in [0, 0.05) is 64.8 Å². The Kier molecular flexibility index (Phi) is 6.13. The maximum atomic E-state index is 12.2. The van der Waals surface area contributed by atoms with Gasteiger partial charge in [-0.1, -0.05) is 0 Å². The minimum Gasteiger partial charge on any atom is -0.379 e. The summed E-state index contributed by atoms with van der Waals surface area (Å²) in [6.45, 7) is 7.45. The predicted octanol–water partition coefficient (Wildman–Crippen LogP) is -1.18. The summed E-state index contributed by atoms with van der Waals surface area (Å²) in [7, 11) is 0. The van der Waals surface area contributed by atoms with Crippen LogP contribution in [-0.4, -0.2) is 97.7 Å². The van der Waals surface area contributed by atoms with Gasteiger partial charge in [-0.2, -0.15) is 0 Å². The molecule has 2 amide bonds. The van der Waals surface area contributed by atoms with Gasteiger partial charge in [0.1, 0.15) is 0 Å². The molecule has 9 nitrogen and oxygen atoms in total. The number of aromatic nitrogens is 2. The van der Waals surface area contributed by atoms with Crippen molar-refractivity contribution in [2.75, 3.05) is 70.5 Å². The third-order valence-corrected chi connectivity index (χ3v) is 4.46. The van der Waals surface area contributed by atoms with Crippen LogP contribution >= 0.6 is 0 Å². The van der Waals surface area contributed by atoms with Crippen molar-refractivity contribution in [2.24, 2.45) is 0 Å². The lowest BCUT2D eigenvalue weighted by atomic mass is 10.3. The predicted molar refractivity (Wildman–Crippen MR) is 91.5 cm³/mol. The normalized spacial score (nSPS) is 18.9. The zero-order valence-electron chi connectivity index (χ0n) is 14.3. The number of ether oxygens (including phenoxy) is 1. The van der Waals surface area contributed by atoms with E-state index in [0.717, 1.165) is 39.3 Å². The zero-order valence-corrected chi connectivity index (χ0v) is 14.3. The smallest absolute Gasteiger partial charge is 0.254 e. The van der Waals surface area contributed by atoms with Crippen LogP contribution in [-0.2, 0) is 9.53 Å². The number of carbonyl (C=O) groups excluding carboxylic acids is 2. The average Bonchev–Trinajstić information content (AvgIpc) is 2.69. The van der Waals surface area contributed by atoms with Crippen LogP contribution in [0, 0.1) is 0 Å². The second kappa shape index (κ2) is 8.72. The highest BCUT2D eigenvalue weighted by Gasteiger charge is 2.18. The molecular weight excluding hydrogens is 324 g/mol. The van der Waals surface area contributed by atoms with Gasteiger partial charge in [0.05, 0.1) is 18.8 Å². The lowest BCUT2D eigenvalue weighted by molar-refractivity contribution is -0.118. The summed E-state index contributed by atoms with van der Waals surface area (Å²) in [6, 6.07) is 0. The second-order valence-electron chi connectivity index (χ2n) is 6.11. The van der Waals surface area contributed by atoms with E-state index in [9.17, 15) is 9.59 Å². The first-order valence-corrected chi connectivity index (χ1v) is 8.61. The number of piperazine rings is 1. The van der Waals surface area contributed by atoms with Gasteiger partial charge in [-0.15, -0.1) is 0 Å². The van der Waals surface area contributed by atoms with Gasteiger partial charge in [-0.25, -0.2) is 9.97 Å². The quantitative estimate of drug-likeness (QED) is 0.647. The summed E-state index contributed by atoms with van der Waals surface area (Å²) in [5.74, 6) is 0.431. The van der Waals surface area contributed by atoms with E-state index in [-0.39, 0.29) is 5.91 Å². The number of hydrogen-bond acceptors (Lipinski definition) is 7. The Morgan fingerprint density at radius 3 is 2.44 bits per heavy atom. The molecule has 3 heterocycles. The molecule has 2 fully saturated rings. The molecule has 0 bridgehead atoms. The molecule has 2 aliphatic heterocycles. The van der Waals surface area contributed by atoms with E-state index in [2.05, 4.69) is 20.2 Å². The monoisotopic (exact) mass is 348 g/mol. The van der Waals surface area contributed by atoms with Crippen LogP contribution in [0.1, 0.15) is 10.4 Å². The fraction of sp³-hybridized carbons (Fsp3) is 0.625. The molecule has 1 aromatic rings. The summed E-state index contributed by atoms with van der Waals surface area (Å²) in [6.07, 6.45) is 3.97. The molecule has 136 valence electrons. The van der Waals surface area contributed by atoms with Crippen LogP contribution in [0.3, 0.4) is 0 Å². The van der Waals surface area contributed by atoms with Gasteiger partial charge in [0.25, 0.3) is 5.91 Å². The van der Waals surface area contributed by atoms with Crippen molar-refractivity contribution in [3.05, 3.63) is 18.0 Å². The van der Waals surface area contributed by atoms with E-state index < -0.39 is 0 Å². The van der Waals surface area contributed by atoms with Crippen molar-refractivity contribution < 1.29 is 14.3 Å². The molecule has 2 aliphatic rings. The summed E-state index contributed by atoms with van der Waals surface area (Å²) < 4.78 is 5.30. The largest absolute Gasteiger partial charge is 0.379 e. The fourth-order valence-corrected chi connectivity index (χ4v) is 2.88. The Morgan fingerprint density at radius 1 is 1.12 bits per heavy atom. The molecule has 9 heteroatoms. The van der Waals surface area contributed by atoms with Crippen molar-refractivity contribution in [1.82, 2.24) is 25.1 Å². The van der Waals surface area contributed by atoms with Gasteiger partial charge >= 0.3 is 0 Å². The SMILES string of the molecule is O=CN1CCN(c2ncc(C(=O)NCCN3CCOCC3)cn2)CC1. The van der Waals surface area contributed by atoms with Crippen LogP contribution < -0.4 is 10.2 Å². The first kappa shape index (κ1) is 17.6. The number of nitrogens with zero attached hydrogens (tertiary/aromatic N) is 5. The number of hydrogen-bond donors (Lipinski definition) is 1. The fourth-order valence-electron chi connectivity index (χ4n) is 2.88. The molecule has 25 heavy (non-hydrogen) atoms. The summed E-state index contributed by atoms with van der Waals surface area (Å²) in [5.41, 5.74) is 0.456. The molecule has 0 atom stereocenters. The van der Waals surface area contributed by atoms with Crippen LogP contribution in [0.5, 0.6) is 0 Å². The van der Waals surface area contributed by atoms with E-state index in [0.29, 0.717) is 44.2 Å². The van der Waals surface area contributed by atoms with E-state index in [1.807, 2.05) is 4.90 Å². The van der Waals surface area contributed by atoms with Crippen molar-refractivity contribution >= 4 is 18.3 Å². The Hall–Kier alpha value is -2.26. The molecule has 0 radical (unpaired) electrons. The second-order valence-corrected chi connectivity index (χ2v) is 6.11. The standard InChI is InChI=1S/C16H24N6O3/c23-13-21-3-5-22(6-4-21)16-18-11-14(12-19-16)15(24)17-1-2-20-7-9-25-10-8-20/h11-13H,1-10H2,(H,17,24). The molecule has 1 aromatic heterocycles. The lowest BCUT2D eigenvalue weighted by Gasteiger charge is -2.32. The minimum atomic E-state index is -0.161. The van der Waals surface area contributed by atoms with Gasteiger partial charge < -0.3 is 19.9 Å². The summed E-state index contributed by atoms with van der Waals surface area (Å²) >= 11 is 0. The van der Waals surface area contributed by atoms with Crippen molar-refractivity contribution in [3.8, 4) is 0 Å². The Balaban J connectivity index is 1.44. The molecular formula is C16H24N6O3. The zero-order chi connectivity index (χ0) is 17.5. The van der Waals surface area contributed by atoms with Gasteiger partial charge in [0.15, 0.2) is 0 Å². The Bertz CT molecular complexity index is 568. The molecule has 0 spiro atoms. The van der Waals surface area contributed by atoms with E-state index in [4.69, 9.17) is 4.74 Å². The number of rotatable bonds is 6. The van der Waals surface area contributed by atoms with Crippen LogP contribution in [0.15, 0.2) is 12.4 Å². The number of morpholine rings is 1. The van der Waals surface area contributed by atoms with Crippen LogP contribution in [0.25, 0.3) is 0 Å². The van der Waals surface area contributed by atoms with Crippen molar-refractivity contribution in [3.63, 3.8) is 0 Å². The Labute approximate surface area is 147 Å². The highest BCUT2D eigenvalue weighted by Crippen LogP contribution is 2.10. The third-order valence-electron chi connectivity index (χ3n) is 4.46. The summed E-state index contributed by atoms with van der Waals surface area (Å²) in [5, 5.41) is 2.90. The van der Waals surface area contributed by atoms with Crippen LogP contribution in [0.2, 0.25) is 0 Å². The van der Waals surface area contributed by atoms with Gasteiger partial charge in [-0.3, -0.25) is 14.5 Å². The van der Waals surface area contributed by atoms with Gasteiger partial charge in [0.2, 0.25) is 12.4 Å². The van der Waals surface area contributed by atoms with Crippen LogP contribution in [0.4, 0.5) is 5.95 Å². The van der Waals surface area contributed by atoms with Crippen molar-refractivity contribution in [2.45, 2.75) is 0 Å². The molecule has 0 saturated carbocycles. The van der Waals surface area contributed by atoms with Gasteiger partial charge in [-0.05, 0) is 0 Å². The Morgan fingerprint density at radius 2 is 1.80 bits per heavy atom. The molecule has 0 aromatic carbocycles. The average molecular weight is 348 g/mol. The first-order valence-electron chi connectivity index (χ1n) is 8.61. The number of carbonyl (C=O) groups is 2. The maximum Gasteiger partial charge on any atom is 0.254 e. The van der Waals surface area contributed by atoms with E-state index in [1.54, 1.807) is 17.3 Å². The minimum absolute atomic E-state index is 0.161. The molecule has 2 saturated heterocycles.